The number of sulfone groups is 1. The van der Waals surface area contributed by atoms with Gasteiger partial charge in [0, 0.05) is 23.7 Å². The molecule has 3 aromatic carbocycles. The Balaban J connectivity index is 1.65. The summed E-state index contributed by atoms with van der Waals surface area (Å²) in [6.07, 6.45) is 0.336. The van der Waals surface area contributed by atoms with Crippen molar-refractivity contribution < 1.29 is 13.2 Å². The molecule has 0 bridgehead atoms. The largest absolute Gasteiger partial charge is 0.338 e. The van der Waals surface area contributed by atoms with Crippen LogP contribution in [0, 0.1) is 0 Å². The molecular formula is C22H20ClNO3S. The number of amides is 1. The number of fused-ring (bicyclic) bond motifs is 1. The quantitative estimate of drug-likeness (QED) is 0.621. The second-order valence-electron chi connectivity index (χ2n) is 6.98. The third kappa shape index (κ3) is 3.52. The molecule has 3 aromatic rings. The first-order chi connectivity index (χ1) is 13.5. The van der Waals surface area contributed by atoms with Crippen LogP contribution in [0.5, 0.6) is 0 Å². The highest BCUT2D eigenvalue weighted by Crippen LogP contribution is 2.34. The van der Waals surface area contributed by atoms with Crippen LogP contribution in [0.15, 0.2) is 66.7 Å². The Kier molecular flexibility index (Phi) is 5.13. The fourth-order valence-electron chi connectivity index (χ4n) is 3.81. The Morgan fingerprint density at radius 2 is 1.64 bits per heavy atom. The zero-order chi connectivity index (χ0) is 19.7. The van der Waals surface area contributed by atoms with Gasteiger partial charge < -0.3 is 4.90 Å². The number of carbonyl (C=O) groups is 1. The standard InChI is InChI=1S/C22H20ClNO3S/c23-20-11-4-3-9-19(20)21-12-13-24(14-15-28(21,26)27)22(25)18-10-5-7-16-6-1-2-8-17(16)18/h1-11,21H,12-15H2. The fraction of sp³-hybridized carbons (Fsp3) is 0.227. The maximum atomic E-state index is 13.2. The molecule has 0 N–H and O–H groups in total. The van der Waals surface area contributed by atoms with Crippen LogP contribution < -0.4 is 0 Å². The summed E-state index contributed by atoms with van der Waals surface area (Å²) in [6.45, 7) is 0.558. The van der Waals surface area contributed by atoms with Gasteiger partial charge in [0.05, 0.1) is 11.0 Å². The molecule has 1 aliphatic rings. The fourth-order valence-corrected chi connectivity index (χ4v) is 5.96. The summed E-state index contributed by atoms with van der Waals surface area (Å²) < 4.78 is 25.7. The van der Waals surface area contributed by atoms with Gasteiger partial charge in [0.2, 0.25) is 0 Å². The highest BCUT2D eigenvalue weighted by Gasteiger charge is 2.34. The Hall–Kier alpha value is -2.37. The van der Waals surface area contributed by atoms with Gasteiger partial charge in [0.15, 0.2) is 9.84 Å². The van der Waals surface area contributed by atoms with Crippen molar-refractivity contribution in [1.82, 2.24) is 4.90 Å². The van der Waals surface area contributed by atoms with E-state index >= 15 is 0 Å². The monoisotopic (exact) mass is 413 g/mol. The van der Waals surface area contributed by atoms with E-state index in [-0.39, 0.29) is 18.2 Å². The topological polar surface area (TPSA) is 54.5 Å². The van der Waals surface area contributed by atoms with E-state index in [1.807, 2.05) is 36.4 Å². The third-order valence-corrected chi connectivity index (χ3v) is 7.75. The molecule has 0 radical (unpaired) electrons. The molecule has 1 atom stereocenters. The molecule has 1 unspecified atom stereocenters. The molecule has 0 spiro atoms. The Morgan fingerprint density at radius 3 is 2.46 bits per heavy atom. The molecule has 1 fully saturated rings. The molecule has 1 aliphatic heterocycles. The molecular weight excluding hydrogens is 394 g/mol. The zero-order valence-electron chi connectivity index (χ0n) is 15.2. The second-order valence-corrected chi connectivity index (χ2v) is 9.69. The van der Waals surface area contributed by atoms with Crippen LogP contribution in [-0.4, -0.2) is 38.1 Å². The van der Waals surface area contributed by atoms with Gasteiger partial charge in [-0.05, 0) is 34.9 Å². The molecule has 1 heterocycles. The number of hydrogen-bond donors (Lipinski definition) is 0. The first kappa shape index (κ1) is 19.0. The lowest BCUT2D eigenvalue weighted by molar-refractivity contribution is 0.0768. The Bertz CT molecular complexity index is 1140. The van der Waals surface area contributed by atoms with Gasteiger partial charge in [-0.3, -0.25) is 4.79 Å². The van der Waals surface area contributed by atoms with Crippen LogP contribution in [0.3, 0.4) is 0 Å². The van der Waals surface area contributed by atoms with E-state index in [1.54, 1.807) is 35.2 Å². The van der Waals surface area contributed by atoms with Crippen molar-refractivity contribution in [3.05, 3.63) is 82.9 Å². The summed E-state index contributed by atoms with van der Waals surface area (Å²) >= 11 is 6.25. The molecule has 28 heavy (non-hydrogen) atoms. The van der Waals surface area contributed by atoms with Crippen LogP contribution >= 0.6 is 11.6 Å². The maximum Gasteiger partial charge on any atom is 0.254 e. The minimum absolute atomic E-state index is 0.0700. The van der Waals surface area contributed by atoms with Crippen molar-refractivity contribution in [2.24, 2.45) is 0 Å². The van der Waals surface area contributed by atoms with Crippen molar-refractivity contribution in [3.8, 4) is 0 Å². The number of carbonyl (C=O) groups excluding carboxylic acids is 1. The molecule has 0 aliphatic carbocycles. The van der Waals surface area contributed by atoms with Crippen molar-refractivity contribution in [2.45, 2.75) is 11.7 Å². The number of halogens is 1. The van der Waals surface area contributed by atoms with Gasteiger partial charge in [-0.15, -0.1) is 0 Å². The molecule has 0 aromatic heterocycles. The van der Waals surface area contributed by atoms with Crippen molar-refractivity contribution >= 4 is 38.1 Å². The van der Waals surface area contributed by atoms with E-state index in [4.69, 9.17) is 11.6 Å². The smallest absolute Gasteiger partial charge is 0.254 e. The third-order valence-electron chi connectivity index (χ3n) is 5.30. The summed E-state index contributed by atoms with van der Waals surface area (Å²) in [5, 5.41) is 1.63. The minimum Gasteiger partial charge on any atom is -0.338 e. The van der Waals surface area contributed by atoms with Gasteiger partial charge in [-0.25, -0.2) is 8.42 Å². The molecule has 4 rings (SSSR count). The molecule has 1 amide bonds. The Labute approximate surface area is 169 Å². The van der Waals surface area contributed by atoms with E-state index in [2.05, 4.69) is 0 Å². The lowest BCUT2D eigenvalue weighted by Crippen LogP contribution is -2.33. The van der Waals surface area contributed by atoms with E-state index in [0.29, 0.717) is 29.1 Å². The Morgan fingerprint density at radius 1 is 0.929 bits per heavy atom. The molecule has 1 saturated heterocycles. The van der Waals surface area contributed by atoms with E-state index in [9.17, 15) is 13.2 Å². The average Bonchev–Trinajstić information content (AvgIpc) is 2.85. The predicted octanol–water partition coefficient (Wildman–Crippen LogP) is 4.50. The zero-order valence-corrected chi connectivity index (χ0v) is 16.8. The van der Waals surface area contributed by atoms with E-state index in [1.165, 1.54) is 0 Å². The van der Waals surface area contributed by atoms with Crippen molar-refractivity contribution in [1.29, 1.82) is 0 Å². The average molecular weight is 414 g/mol. The van der Waals surface area contributed by atoms with Gasteiger partial charge in [-0.1, -0.05) is 66.2 Å². The van der Waals surface area contributed by atoms with Gasteiger partial charge >= 0.3 is 0 Å². The summed E-state index contributed by atoms with van der Waals surface area (Å²) in [5.41, 5.74) is 1.22. The number of nitrogens with zero attached hydrogens (tertiary/aromatic N) is 1. The molecule has 4 nitrogen and oxygen atoms in total. The summed E-state index contributed by atoms with van der Waals surface area (Å²) in [5.74, 6) is -0.203. The summed E-state index contributed by atoms with van der Waals surface area (Å²) in [6, 6.07) is 20.4. The first-order valence-corrected chi connectivity index (χ1v) is 11.3. The molecule has 144 valence electrons. The van der Waals surface area contributed by atoms with E-state index in [0.717, 1.165) is 10.8 Å². The van der Waals surface area contributed by atoms with Crippen LogP contribution in [0.25, 0.3) is 10.8 Å². The first-order valence-electron chi connectivity index (χ1n) is 9.20. The summed E-state index contributed by atoms with van der Waals surface area (Å²) in [4.78, 5) is 14.8. The minimum atomic E-state index is -3.41. The number of benzene rings is 3. The SMILES string of the molecule is O=C(c1cccc2ccccc12)N1CCC(c2ccccc2Cl)S(=O)(=O)CC1. The van der Waals surface area contributed by atoms with Crippen LogP contribution in [0.2, 0.25) is 5.02 Å². The second kappa shape index (κ2) is 7.57. The highest BCUT2D eigenvalue weighted by molar-refractivity contribution is 7.91. The van der Waals surface area contributed by atoms with Crippen LogP contribution in [-0.2, 0) is 9.84 Å². The number of hydrogen-bond acceptors (Lipinski definition) is 3. The normalized spacial score (nSPS) is 19.3. The van der Waals surface area contributed by atoms with Crippen molar-refractivity contribution in [2.75, 3.05) is 18.8 Å². The van der Waals surface area contributed by atoms with Crippen LogP contribution in [0.1, 0.15) is 27.6 Å². The van der Waals surface area contributed by atoms with Gasteiger partial charge in [-0.2, -0.15) is 0 Å². The lowest BCUT2D eigenvalue weighted by atomic mass is 10.0. The lowest BCUT2D eigenvalue weighted by Gasteiger charge is -2.21. The van der Waals surface area contributed by atoms with Crippen molar-refractivity contribution in [3.63, 3.8) is 0 Å². The molecule has 6 heteroatoms. The summed E-state index contributed by atoms with van der Waals surface area (Å²) in [7, 11) is -3.41. The van der Waals surface area contributed by atoms with Gasteiger partial charge in [0.25, 0.3) is 5.91 Å². The van der Waals surface area contributed by atoms with Gasteiger partial charge in [0.1, 0.15) is 0 Å². The van der Waals surface area contributed by atoms with Crippen LogP contribution in [0.4, 0.5) is 0 Å². The highest BCUT2D eigenvalue weighted by atomic mass is 35.5. The maximum absolute atomic E-state index is 13.2. The number of rotatable bonds is 2. The predicted molar refractivity (Wildman–Crippen MR) is 112 cm³/mol. The molecule has 0 saturated carbocycles. The van der Waals surface area contributed by atoms with E-state index < -0.39 is 15.1 Å².